The molecule has 0 saturated carbocycles. The number of amides is 3. The van der Waals surface area contributed by atoms with E-state index >= 15 is 0 Å². The summed E-state index contributed by atoms with van der Waals surface area (Å²) in [5.74, 6) is 0.244. The number of rotatable bonds is 5. The van der Waals surface area contributed by atoms with E-state index in [0.29, 0.717) is 34.1 Å². The number of imide groups is 1. The summed E-state index contributed by atoms with van der Waals surface area (Å²) in [4.78, 5) is 42.1. The molecule has 0 bridgehead atoms. The number of ether oxygens (including phenoxy) is 3. The molecule has 1 unspecified atom stereocenters. The molecule has 1 fully saturated rings. The highest BCUT2D eigenvalue weighted by molar-refractivity contribution is 6.28. The average Bonchev–Trinajstić information content (AvgIpc) is 3.14. The van der Waals surface area contributed by atoms with Crippen molar-refractivity contribution < 1.29 is 28.6 Å². The van der Waals surface area contributed by atoms with Crippen molar-refractivity contribution in [3.63, 3.8) is 0 Å². The fourth-order valence-corrected chi connectivity index (χ4v) is 4.23. The van der Waals surface area contributed by atoms with Crippen LogP contribution in [0, 0.1) is 0 Å². The monoisotopic (exact) mass is 410 g/mol. The van der Waals surface area contributed by atoms with E-state index in [0.717, 1.165) is 4.90 Å². The molecule has 30 heavy (non-hydrogen) atoms. The molecule has 1 atom stereocenters. The standard InChI is InChI=1S/C22H22N2O6/c1-23-16-7-6-14(28-2)10-15(16)22(20(23)26)11-19(25)24(21(22)27)12-13-5-8-17(29-3)18(9-13)30-4/h5-10H,11-12H2,1-4H3. The minimum Gasteiger partial charge on any atom is -0.497 e. The van der Waals surface area contributed by atoms with Gasteiger partial charge in [-0.05, 0) is 35.9 Å². The van der Waals surface area contributed by atoms with E-state index in [1.165, 1.54) is 26.2 Å². The van der Waals surface area contributed by atoms with Gasteiger partial charge in [0, 0.05) is 18.3 Å². The number of fused-ring (bicyclic) bond motifs is 2. The molecule has 1 saturated heterocycles. The van der Waals surface area contributed by atoms with E-state index in [2.05, 4.69) is 0 Å². The Morgan fingerprint density at radius 3 is 2.30 bits per heavy atom. The van der Waals surface area contributed by atoms with E-state index in [9.17, 15) is 14.4 Å². The second-order valence-electron chi connectivity index (χ2n) is 7.30. The Hall–Kier alpha value is -3.55. The summed E-state index contributed by atoms with van der Waals surface area (Å²) in [5, 5.41) is 0. The van der Waals surface area contributed by atoms with Crippen LogP contribution in [0.3, 0.4) is 0 Å². The summed E-state index contributed by atoms with van der Waals surface area (Å²) in [6.07, 6.45) is -0.206. The van der Waals surface area contributed by atoms with Gasteiger partial charge < -0.3 is 19.1 Å². The van der Waals surface area contributed by atoms with Gasteiger partial charge >= 0.3 is 0 Å². The number of anilines is 1. The van der Waals surface area contributed by atoms with Crippen LogP contribution in [0.2, 0.25) is 0 Å². The minimum absolute atomic E-state index is 0.0378. The first-order chi connectivity index (χ1) is 14.4. The van der Waals surface area contributed by atoms with Crippen LogP contribution in [0.25, 0.3) is 0 Å². The first-order valence-electron chi connectivity index (χ1n) is 9.39. The topological polar surface area (TPSA) is 85.4 Å². The fourth-order valence-electron chi connectivity index (χ4n) is 4.23. The Morgan fingerprint density at radius 1 is 0.900 bits per heavy atom. The lowest BCUT2D eigenvalue weighted by atomic mass is 9.80. The zero-order valence-electron chi connectivity index (χ0n) is 17.2. The van der Waals surface area contributed by atoms with Crippen LogP contribution in [0.1, 0.15) is 17.5 Å². The molecule has 0 N–H and O–H groups in total. The van der Waals surface area contributed by atoms with E-state index in [4.69, 9.17) is 14.2 Å². The lowest BCUT2D eigenvalue weighted by molar-refractivity contribution is -0.142. The van der Waals surface area contributed by atoms with Crippen molar-refractivity contribution in [3.8, 4) is 17.2 Å². The van der Waals surface area contributed by atoms with Crippen LogP contribution in [0.5, 0.6) is 17.2 Å². The molecule has 2 aliphatic heterocycles. The molecule has 0 aliphatic carbocycles. The van der Waals surface area contributed by atoms with Crippen molar-refractivity contribution in [1.29, 1.82) is 0 Å². The third kappa shape index (κ3) is 2.63. The summed E-state index contributed by atoms with van der Waals surface area (Å²) in [6.45, 7) is 0.0378. The normalized spacial score (nSPS) is 20.2. The molecule has 8 nitrogen and oxygen atoms in total. The highest BCUT2D eigenvalue weighted by Crippen LogP contribution is 2.49. The van der Waals surface area contributed by atoms with Crippen molar-refractivity contribution in [2.75, 3.05) is 33.3 Å². The molecule has 8 heteroatoms. The Bertz CT molecular complexity index is 1070. The Morgan fingerprint density at radius 2 is 1.63 bits per heavy atom. The molecule has 0 aromatic heterocycles. The quantitative estimate of drug-likeness (QED) is 0.553. The predicted octanol–water partition coefficient (Wildman–Crippen LogP) is 1.89. The van der Waals surface area contributed by atoms with E-state index in [1.807, 2.05) is 0 Å². The van der Waals surface area contributed by atoms with Gasteiger partial charge in [0.25, 0.3) is 0 Å². The van der Waals surface area contributed by atoms with Crippen molar-refractivity contribution >= 4 is 23.4 Å². The second kappa shape index (κ2) is 7.05. The van der Waals surface area contributed by atoms with Gasteiger partial charge in [-0.1, -0.05) is 6.07 Å². The second-order valence-corrected chi connectivity index (χ2v) is 7.30. The molecule has 4 rings (SSSR count). The van der Waals surface area contributed by atoms with Gasteiger partial charge in [-0.25, -0.2) is 0 Å². The van der Waals surface area contributed by atoms with Gasteiger partial charge in [-0.2, -0.15) is 0 Å². The average molecular weight is 410 g/mol. The third-order valence-electron chi connectivity index (χ3n) is 5.81. The van der Waals surface area contributed by atoms with Crippen LogP contribution in [0.4, 0.5) is 5.69 Å². The Kier molecular flexibility index (Phi) is 4.64. The van der Waals surface area contributed by atoms with E-state index in [-0.39, 0.29) is 13.0 Å². The number of benzene rings is 2. The zero-order chi connectivity index (χ0) is 21.6. The molecule has 156 valence electrons. The van der Waals surface area contributed by atoms with E-state index < -0.39 is 23.1 Å². The van der Waals surface area contributed by atoms with Crippen LogP contribution >= 0.6 is 0 Å². The number of hydrogen-bond acceptors (Lipinski definition) is 6. The summed E-state index contributed by atoms with van der Waals surface area (Å²) >= 11 is 0. The SMILES string of the molecule is COc1ccc2c(c1)C1(CC(=O)N(Cc3ccc(OC)c(OC)c3)C1=O)C(=O)N2C. The Balaban J connectivity index is 1.73. The van der Waals surface area contributed by atoms with Crippen LogP contribution in [-0.4, -0.2) is 51.0 Å². The highest BCUT2D eigenvalue weighted by atomic mass is 16.5. The smallest absolute Gasteiger partial charge is 0.250 e. The molecule has 2 aliphatic rings. The zero-order valence-corrected chi connectivity index (χ0v) is 17.2. The molecule has 2 aromatic rings. The number of likely N-dealkylation sites (tertiary alicyclic amines) is 1. The van der Waals surface area contributed by atoms with Crippen LogP contribution in [0.15, 0.2) is 36.4 Å². The van der Waals surface area contributed by atoms with Crippen molar-refractivity contribution in [1.82, 2.24) is 4.90 Å². The van der Waals surface area contributed by atoms with Gasteiger partial charge in [0.05, 0.1) is 34.3 Å². The first kappa shape index (κ1) is 19.8. The summed E-state index contributed by atoms with van der Waals surface area (Å²) in [6, 6.07) is 10.3. The molecule has 1 spiro atoms. The number of nitrogens with zero attached hydrogens (tertiary/aromatic N) is 2. The number of likely N-dealkylation sites (N-methyl/N-ethyl adjacent to an activating group) is 1. The van der Waals surface area contributed by atoms with Gasteiger partial charge in [-0.15, -0.1) is 0 Å². The summed E-state index contributed by atoms with van der Waals surface area (Å²) in [5.41, 5.74) is 0.250. The molecule has 2 aromatic carbocycles. The Labute approximate surface area is 173 Å². The maximum Gasteiger partial charge on any atom is 0.250 e. The molecule has 0 radical (unpaired) electrons. The van der Waals surface area contributed by atoms with Gasteiger partial charge in [0.15, 0.2) is 16.9 Å². The number of carbonyl (C=O) groups excluding carboxylic acids is 3. The van der Waals surface area contributed by atoms with Crippen molar-refractivity contribution in [2.45, 2.75) is 18.4 Å². The lowest BCUT2D eigenvalue weighted by Gasteiger charge is -2.21. The van der Waals surface area contributed by atoms with E-state index in [1.54, 1.807) is 43.4 Å². The lowest BCUT2D eigenvalue weighted by Crippen LogP contribution is -2.45. The third-order valence-corrected chi connectivity index (χ3v) is 5.81. The summed E-state index contributed by atoms with van der Waals surface area (Å²) in [7, 11) is 6.17. The predicted molar refractivity (Wildman–Crippen MR) is 108 cm³/mol. The first-order valence-corrected chi connectivity index (χ1v) is 9.39. The van der Waals surface area contributed by atoms with Crippen LogP contribution in [-0.2, 0) is 26.3 Å². The van der Waals surface area contributed by atoms with Gasteiger partial charge in [0.2, 0.25) is 17.7 Å². The number of carbonyl (C=O) groups is 3. The van der Waals surface area contributed by atoms with Gasteiger partial charge in [0.1, 0.15) is 5.75 Å². The summed E-state index contributed by atoms with van der Waals surface area (Å²) < 4.78 is 15.8. The molecule has 2 heterocycles. The highest BCUT2D eigenvalue weighted by Gasteiger charge is 2.63. The maximum absolute atomic E-state index is 13.5. The molecular weight excluding hydrogens is 388 g/mol. The fraction of sp³-hybridized carbons (Fsp3) is 0.318. The maximum atomic E-state index is 13.5. The van der Waals surface area contributed by atoms with Crippen molar-refractivity contribution in [3.05, 3.63) is 47.5 Å². The van der Waals surface area contributed by atoms with Crippen LogP contribution < -0.4 is 19.1 Å². The largest absolute Gasteiger partial charge is 0.497 e. The van der Waals surface area contributed by atoms with Crippen molar-refractivity contribution in [2.24, 2.45) is 0 Å². The van der Waals surface area contributed by atoms with Gasteiger partial charge in [-0.3, -0.25) is 19.3 Å². The number of hydrogen-bond donors (Lipinski definition) is 0. The number of methoxy groups -OCH3 is 3. The minimum atomic E-state index is -1.55. The molecular formula is C22H22N2O6. The molecule has 3 amide bonds.